The molecule has 0 rings (SSSR count). The van der Waals surface area contributed by atoms with E-state index in [-0.39, 0.29) is 26.4 Å². The fraction of sp³-hybridized carbons (Fsp3) is 1.00. The Labute approximate surface area is 110 Å². The molecule has 6 radical (unpaired) electrons. The van der Waals surface area contributed by atoms with Crippen molar-refractivity contribution in [1.29, 1.82) is 0 Å². The van der Waals surface area contributed by atoms with E-state index in [1.54, 1.807) is 0 Å². The molecule has 0 aromatic rings. The van der Waals surface area contributed by atoms with E-state index in [4.69, 9.17) is 0 Å². The monoisotopic (exact) mass is 281 g/mol. The van der Waals surface area contributed by atoms with Crippen LogP contribution in [-0.4, -0.2) is 41.8 Å². The molecule has 0 aromatic carbocycles. The number of halogens is 1. The van der Waals surface area contributed by atoms with Gasteiger partial charge in [0.25, 0.3) is 0 Å². The normalized spacial score (nSPS) is 8.14. The summed E-state index contributed by atoms with van der Waals surface area (Å²) in [4.78, 5) is 0. The maximum absolute atomic E-state index is 4.56. The summed E-state index contributed by atoms with van der Waals surface area (Å²) in [6.45, 7) is 20.4. The molecule has 0 atom stereocenters. The molecule has 0 nitrogen and oxygen atoms in total. The molecule has 5 heteroatoms. The van der Waals surface area contributed by atoms with Crippen LogP contribution in [0.5, 0.6) is 0 Å². The molecule has 0 saturated carbocycles. The second kappa shape index (κ2) is 24.0. The van der Waals surface area contributed by atoms with Crippen LogP contribution in [0.1, 0.15) is 0 Å². The van der Waals surface area contributed by atoms with E-state index in [0.717, 1.165) is 0 Å². The molecule has 14 heavy (non-hydrogen) atoms. The van der Waals surface area contributed by atoms with Gasteiger partial charge in [0.05, 0.1) is 0 Å². The van der Waals surface area contributed by atoms with Crippen LogP contribution < -0.4 is 0 Å². The zero-order valence-electron chi connectivity index (χ0n) is 11.5. The minimum Gasteiger partial charge on any atom is -0.589 e. The summed E-state index contributed by atoms with van der Waals surface area (Å²) >= 11 is 1.89. The highest BCUT2D eigenvalue weighted by molar-refractivity contribution is 6.80. The molecule has 0 fully saturated rings. The van der Waals surface area contributed by atoms with Crippen molar-refractivity contribution in [3.05, 3.63) is 0 Å². The van der Waals surface area contributed by atoms with Gasteiger partial charge in [-0.3, -0.25) is 0 Å². The standard InChI is InChI=1S/3C3H9Si.Al.ClH/c3*1-4(2)3;;/h3*1-3H3;;1H/p-1. The van der Waals surface area contributed by atoms with Gasteiger partial charge in [0.2, 0.25) is 0 Å². The first kappa shape index (κ1) is 24.6. The highest BCUT2D eigenvalue weighted by Crippen LogP contribution is 1.68. The first-order chi connectivity index (χ1) is 6.20. The van der Waals surface area contributed by atoms with E-state index in [0.29, 0.717) is 0 Å². The van der Waals surface area contributed by atoms with E-state index in [2.05, 4.69) is 69.0 Å². The molecule has 0 amide bonds. The van der Waals surface area contributed by atoms with E-state index < -0.39 is 0 Å². The molecule has 0 spiro atoms. The molecule has 0 N–H and O–H groups in total. The lowest BCUT2D eigenvalue weighted by Gasteiger charge is -1.75. The van der Waals surface area contributed by atoms with Crippen LogP contribution >= 0.6 is 10.0 Å². The van der Waals surface area contributed by atoms with Crippen LogP contribution in [0.2, 0.25) is 58.9 Å². The number of hydrogen-bond donors (Lipinski definition) is 0. The topological polar surface area (TPSA) is 0 Å². The predicted molar refractivity (Wildman–Crippen MR) is 81.6 cm³/mol. The maximum atomic E-state index is 4.56. The Hall–Kier alpha value is 1.47. The van der Waals surface area contributed by atoms with Crippen molar-refractivity contribution in [2.24, 2.45) is 0 Å². The van der Waals surface area contributed by atoms with Gasteiger partial charge in [-0.05, 0) is 0 Å². The predicted octanol–water partition coefficient (Wildman–Crippen LogP) is 4.42. The smallest absolute Gasteiger partial charge is 0.0379 e. The van der Waals surface area contributed by atoms with Gasteiger partial charge in [-0.1, -0.05) is 58.9 Å². The third kappa shape index (κ3) is 966. The largest absolute Gasteiger partial charge is 0.589 e. The fourth-order valence-electron chi connectivity index (χ4n) is 0. The molecular formula is C9H27AlClSi3-. The van der Waals surface area contributed by atoms with Gasteiger partial charge in [-0.25, -0.2) is 0 Å². The maximum Gasteiger partial charge on any atom is 0.0379 e. The summed E-state index contributed by atoms with van der Waals surface area (Å²) in [7, 11) is 4.92. The third-order valence-corrected chi connectivity index (χ3v) is 0. The van der Waals surface area contributed by atoms with Crippen molar-refractivity contribution in [3.63, 3.8) is 0 Å². The van der Waals surface area contributed by atoms with Gasteiger partial charge >= 0.3 is 0 Å². The minimum atomic E-state index is 0.120. The first-order valence-electron chi connectivity index (χ1n) is 4.72. The molecular weight excluding hydrogens is 255 g/mol. The lowest BCUT2D eigenvalue weighted by Crippen LogP contribution is -1.84. The van der Waals surface area contributed by atoms with E-state index in [1.807, 2.05) is 15.4 Å². The first-order valence-corrected chi connectivity index (χ1v) is 15.5. The van der Waals surface area contributed by atoms with Crippen LogP contribution in [0.25, 0.3) is 0 Å². The Balaban J connectivity index is -0.0000000492. The molecule has 0 aliphatic carbocycles. The van der Waals surface area contributed by atoms with Crippen molar-refractivity contribution < 1.29 is 0 Å². The molecule has 0 aliphatic heterocycles. The number of hydrogen-bond acceptors (Lipinski definition) is 0. The quantitative estimate of drug-likeness (QED) is 0.577. The van der Waals surface area contributed by atoms with Crippen molar-refractivity contribution in [3.8, 4) is 0 Å². The Morgan fingerprint density at radius 1 is 0.500 bits per heavy atom. The molecule has 0 unspecified atom stereocenters. The number of rotatable bonds is 0. The van der Waals surface area contributed by atoms with Crippen LogP contribution in [-0.2, 0) is 0 Å². The van der Waals surface area contributed by atoms with Gasteiger partial charge < -0.3 is 25.4 Å². The van der Waals surface area contributed by atoms with Crippen molar-refractivity contribution >= 4 is 51.8 Å². The minimum absolute atomic E-state index is 0.120. The van der Waals surface area contributed by atoms with Crippen LogP contribution in [0.3, 0.4) is 0 Å². The van der Waals surface area contributed by atoms with Gasteiger partial charge in [0.15, 0.2) is 0 Å². The second-order valence-electron chi connectivity index (χ2n) is 4.50. The van der Waals surface area contributed by atoms with Crippen LogP contribution in [0, 0.1) is 0 Å². The highest BCUT2D eigenvalue weighted by atomic mass is 35.6. The lowest BCUT2D eigenvalue weighted by atomic mass is 11.8. The molecule has 0 aromatic heterocycles. The van der Waals surface area contributed by atoms with Gasteiger partial charge in [-0.2, -0.15) is 0 Å². The molecule has 86 valence electrons. The molecule has 0 aliphatic rings. The van der Waals surface area contributed by atoms with E-state index in [1.165, 1.54) is 0 Å². The second-order valence-corrected chi connectivity index (χ2v) is 13.5. The summed E-state index contributed by atoms with van der Waals surface area (Å²) in [6, 6.07) is 0. The Kier molecular flexibility index (Phi) is 42.1. The summed E-state index contributed by atoms with van der Waals surface area (Å²) < 4.78 is 0. The highest BCUT2D eigenvalue weighted by Gasteiger charge is 1.72. The average Bonchev–Trinajstić information content (AvgIpc) is 1.86. The Morgan fingerprint density at radius 3 is 0.500 bits per heavy atom. The van der Waals surface area contributed by atoms with Crippen LogP contribution in [0.4, 0.5) is 0 Å². The van der Waals surface area contributed by atoms with Crippen molar-refractivity contribution in [1.82, 2.24) is 0 Å². The zero-order chi connectivity index (χ0) is 12.7. The SMILES string of the molecule is C[Si](C)C.C[Si](C)C.C[Si](C)C.[Al-][Cl]. The summed E-state index contributed by atoms with van der Waals surface area (Å²) in [5.41, 5.74) is 0. The lowest BCUT2D eigenvalue weighted by molar-refractivity contribution is 1.91. The zero-order valence-corrected chi connectivity index (χ0v) is 16.4. The van der Waals surface area contributed by atoms with Crippen molar-refractivity contribution in [2.75, 3.05) is 0 Å². The Bertz CT molecular complexity index is 48.5. The van der Waals surface area contributed by atoms with E-state index in [9.17, 15) is 0 Å². The summed E-state index contributed by atoms with van der Waals surface area (Å²) in [5.74, 6) is 0. The molecule has 0 heterocycles. The average molecular weight is 282 g/mol. The van der Waals surface area contributed by atoms with Crippen LogP contribution in [0.15, 0.2) is 0 Å². The summed E-state index contributed by atoms with van der Waals surface area (Å²) in [6.07, 6.45) is 0. The fourth-order valence-corrected chi connectivity index (χ4v) is 0. The van der Waals surface area contributed by atoms with Crippen molar-refractivity contribution in [2.45, 2.75) is 58.9 Å². The van der Waals surface area contributed by atoms with Gasteiger partial charge in [0, 0.05) is 26.4 Å². The van der Waals surface area contributed by atoms with Gasteiger partial charge in [-0.15, -0.1) is 0 Å². The summed E-state index contributed by atoms with van der Waals surface area (Å²) in [5, 5.41) is 0. The van der Waals surface area contributed by atoms with Gasteiger partial charge in [0.1, 0.15) is 0 Å². The molecule has 0 saturated heterocycles. The van der Waals surface area contributed by atoms with E-state index >= 15 is 0 Å². The third-order valence-electron chi connectivity index (χ3n) is 0. The molecule has 0 bridgehead atoms. The Morgan fingerprint density at radius 2 is 0.500 bits per heavy atom.